The zero-order chi connectivity index (χ0) is 26.1. The van der Waals surface area contributed by atoms with Gasteiger partial charge in [-0.15, -0.1) is 5.10 Å². The van der Waals surface area contributed by atoms with Crippen LogP contribution in [0.5, 0.6) is 11.5 Å². The number of nitrogens with one attached hydrogen (secondary N) is 1. The number of sulfonamides is 1. The van der Waals surface area contributed by atoms with E-state index in [9.17, 15) is 13.2 Å². The molecule has 0 saturated carbocycles. The van der Waals surface area contributed by atoms with E-state index in [0.717, 1.165) is 4.31 Å². The van der Waals surface area contributed by atoms with Gasteiger partial charge in [-0.25, -0.2) is 8.42 Å². The Hall–Kier alpha value is -4.46. The smallest absolute Gasteiger partial charge is 0.322 e. The normalized spacial score (nSPS) is 10.9. The lowest BCUT2D eigenvalue weighted by Crippen LogP contribution is -2.32. The van der Waals surface area contributed by atoms with Crippen LogP contribution < -0.4 is 14.8 Å². The molecule has 0 unspecified atom stereocenters. The number of carbonyl (C=O) groups excluding carboxylic acids is 1. The number of rotatable bonds is 11. The summed E-state index contributed by atoms with van der Waals surface area (Å²) in [5, 5.41) is 27.8. The van der Waals surface area contributed by atoms with Gasteiger partial charge < -0.3 is 13.9 Å². The van der Waals surface area contributed by atoms with Crippen molar-refractivity contribution in [2.24, 2.45) is 0 Å². The van der Waals surface area contributed by atoms with Crippen LogP contribution in [0, 0.1) is 22.7 Å². The number of ether oxygens (including phenoxy) is 2. The Labute approximate surface area is 207 Å². The summed E-state index contributed by atoms with van der Waals surface area (Å²) in [4.78, 5) is 12.5. The molecule has 1 amide bonds. The minimum absolute atomic E-state index is 0.0133. The number of hydrogen-bond donors (Lipinski definition) is 1. The summed E-state index contributed by atoms with van der Waals surface area (Å²) in [6, 6.07) is 13.9. The Kier molecular flexibility index (Phi) is 8.57. The van der Waals surface area contributed by atoms with Gasteiger partial charge in [0.2, 0.25) is 15.9 Å². The first-order valence-corrected chi connectivity index (χ1v) is 12.0. The van der Waals surface area contributed by atoms with Crippen molar-refractivity contribution < 1.29 is 27.1 Å². The van der Waals surface area contributed by atoms with Gasteiger partial charge in [-0.3, -0.25) is 10.1 Å². The van der Waals surface area contributed by atoms with Crippen molar-refractivity contribution in [2.75, 3.05) is 32.6 Å². The number of nitrogens with zero attached hydrogens (tertiary/aromatic N) is 5. The van der Waals surface area contributed by atoms with Gasteiger partial charge in [0.25, 0.3) is 5.91 Å². The van der Waals surface area contributed by atoms with Crippen molar-refractivity contribution in [3.05, 3.63) is 48.0 Å². The molecule has 186 valence electrons. The minimum atomic E-state index is -3.95. The fraction of sp³-hybridized carbons (Fsp3) is 0.261. The van der Waals surface area contributed by atoms with Crippen LogP contribution >= 0.6 is 0 Å². The standard InChI is InChI=1S/C23H22N6O6S/c1-33-19-10-7-17(15-20(19)34-2)22-27-28-23(35-22)26-21(30)16-5-8-18(9-6-16)36(31,32)29(13-3-11-24)14-4-12-25/h5-10,15H,3-4,13-14H2,1-2H3,(H,26,28,30). The Morgan fingerprint density at radius 3 is 2.22 bits per heavy atom. The predicted octanol–water partition coefficient (Wildman–Crippen LogP) is 2.82. The second-order valence-corrected chi connectivity index (χ2v) is 9.12. The maximum Gasteiger partial charge on any atom is 0.322 e. The maximum atomic E-state index is 12.9. The zero-order valence-electron chi connectivity index (χ0n) is 19.5. The van der Waals surface area contributed by atoms with E-state index in [-0.39, 0.29) is 48.3 Å². The highest BCUT2D eigenvalue weighted by Gasteiger charge is 2.24. The summed E-state index contributed by atoms with van der Waals surface area (Å²) >= 11 is 0. The number of methoxy groups -OCH3 is 2. The molecule has 0 saturated heterocycles. The van der Waals surface area contributed by atoms with Crippen LogP contribution in [0.3, 0.4) is 0 Å². The molecular weight excluding hydrogens is 488 g/mol. The number of carbonyl (C=O) groups is 1. The van der Waals surface area contributed by atoms with Gasteiger partial charge in [0.05, 0.1) is 31.3 Å². The van der Waals surface area contributed by atoms with Crippen LogP contribution in [0.2, 0.25) is 0 Å². The highest BCUT2D eigenvalue weighted by Crippen LogP contribution is 2.32. The molecule has 0 radical (unpaired) electrons. The fourth-order valence-electron chi connectivity index (χ4n) is 3.16. The summed E-state index contributed by atoms with van der Waals surface area (Å²) in [6.45, 7) is -0.0787. The predicted molar refractivity (Wildman–Crippen MR) is 126 cm³/mol. The van der Waals surface area contributed by atoms with Crippen LogP contribution in [0.4, 0.5) is 6.01 Å². The molecule has 2 aromatic carbocycles. The van der Waals surface area contributed by atoms with E-state index in [1.165, 1.54) is 38.5 Å². The Morgan fingerprint density at radius 1 is 1.00 bits per heavy atom. The molecule has 13 heteroatoms. The van der Waals surface area contributed by atoms with Crippen molar-refractivity contribution in [3.63, 3.8) is 0 Å². The van der Waals surface area contributed by atoms with Gasteiger partial charge >= 0.3 is 6.01 Å². The maximum absolute atomic E-state index is 12.9. The Bertz CT molecular complexity index is 1390. The van der Waals surface area contributed by atoms with Crippen molar-refractivity contribution in [3.8, 4) is 35.1 Å². The van der Waals surface area contributed by atoms with Crippen LogP contribution in [0.25, 0.3) is 11.5 Å². The lowest BCUT2D eigenvalue weighted by Gasteiger charge is -2.20. The van der Waals surface area contributed by atoms with Gasteiger partial charge in [-0.2, -0.15) is 14.8 Å². The first-order valence-electron chi connectivity index (χ1n) is 10.6. The molecule has 1 heterocycles. The van der Waals surface area contributed by atoms with E-state index in [1.807, 2.05) is 12.1 Å². The first kappa shape index (κ1) is 26.2. The lowest BCUT2D eigenvalue weighted by atomic mass is 10.2. The number of nitriles is 2. The van der Waals surface area contributed by atoms with E-state index >= 15 is 0 Å². The van der Waals surface area contributed by atoms with Crippen molar-refractivity contribution in [1.82, 2.24) is 14.5 Å². The van der Waals surface area contributed by atoms with E-state index in [4.69, 9.17) is 24.4 Å². The summed E-state index contributed by atoms with van der Waals surface area (Å²) in [5.74, 6) is 0.542. The monoisotopic (exact) mass is 510 g/mol. The molecular formula is C23H22N6O6S. The van der Waals surface area contributed by atoms with Crippen LogP contribution in [-0.2, 0) is 10.0 Å². The molecule has 1 N–H and O–H groups in total. The summed E-state index contributed by atoms with van der Waals surface area (Å²) in [6.07, 6.45) is -0.0265. The van der Waals surface area contributed by atoms with Gasteiger partial charge in [0, 0.05) is 37.1 Å². The molecule has 36 heavy (non-hydrogen) atoms. The van der Waals surface area contributed by atoms with Gasteiger partial charge in [0.15, 0.2) is 11.5 Å². The van der Waals surface area contributed by atoms with Crippen LogP contribution in [0.1, 0.15) is 23.2 Å². The fourth-order valence-corrected chi connectivity index (χ4v) is 4.60. The van der Waals surface area contributed by atoms with Crippen molar-refractivity contribution >= 4 is 21.9 Å². The van der Waals surface area contributed by atoms with E-state index in [1.54, 1.807) is 18.2 Å². The van der Waals surface area contributed by atoms with Crippen LogP contribution in [0.15, 0.2) is 51.8 Å². The molecule has 12 nitrogen and oxygen atoms in total. The molecule has 0 atom stereocenters. The number of benzene rings is 2. The molecule has 0 fully saturated rings. The molecule has 0 aliphatic carbocycles. The summed E-state index contributed by atoms with van der Waals surface area (Å²) in [5.41, 5.74) is 0.702. The molecule has 0 aliphatic rings. The van der Waals surface area contributed by atoms with Crippen molar-refractivity contribution in [2.45, 2.75) is 17.7 Å². The third-order valence-electron chi connectivity index (χ3n) is 4.98. The van der Waals surface area contributed by atoms with Gasteiger partial charge in [0.1, 0.15) is 0 Å². The summed E-state index contributed by atoms with van der Waals surface area (Å²) in [7, 11) is -0.939. The molecule has 3 aromatic rings. The topological polar surface area (TPSA) is 171 Å². The third kappa shape index (κ3) is 5.96. The van der Waals surface area contributed by atoms with E-state index in [0.29, 0.717) is 17.1 Å². The minimum Gasteiger partial charge on any atom is -0.493 e. The van der Waals surface area contributed by atoms with E-state index < -0.39 is 15.9 Å². The summed E-state index contributed by atoms with van der Waals surface area (Å²) < 4.78 is 42.8. The third-order valence-corrected chi connectivity index (χ3v) is 6.89. The number of amides is 1. The zero-order valence-corrected chi connectivity index (χ0v) is 20.3. The van der Waals surface area contributed by atoms with Crippen molar-refractivity contribution in [1.29, 1.82) is 10.5 Å². The molecule has 0 bridgehead atoms. The first-order chi connectivity index (χ1) is 17.3. The molecule has 0 spiro atoms. The second kappa shape index (κ2) is 11.8. The average molecular weight is 511 g/mol. The lowest BCUT2D eigenvalue weighted by molar-refractivity contribution is 0.102. The SMILES string of the molecule is COc1ccc(-c2nnc(NC(=O)c3ccc(S(=O)(=O)N(CCC#N)CCC#N)cc3)o2)cc1OC. The average Bonchev–Trinajstić information content (AvgIpc) is 3.36. The number of hydrogen-bond acceptors (Lipinski definition) is 10. The quantitative estimate of drug-likeness (QED) is 0.404. The highest BCUT2D eigenvalue weighted by atomic mass is 32.2. The Balaban J connectivity index is 1.73. The molecule has 1 aromatic heterocycles. The molecule has 0 aliphatic heterocycles. The number of aromatic nitrogens is 2. The van der Waals surface area contributed by atoms with Crippen LogP contribution in [-0.4, -0.2) is 56.1 Å². The largest absolute Gasteiger partial charge is 0.493 e. The molecule has 3 rings (SSSR count). The number of anilines is 1. The van der Waals surface area contributed by atoms with Gasteiger partial charge in [-0.1, -0.05) is 5.10 Å². The van der Waals surface area contributed by atoms with E-state index in [2.05, 4.69) is 15.5 Å². The van der Waals surface area contributed by atoms with Gasteiger partial charge in [-0.05, 0) is 42.5 Å². The second-order valence-electron chi connectivity index (χ2n) is 7.18. The highest BCUT2D eigenvalue weighted by molar-refractivity contribution is 7.89. The Morgan fingerprint density at radius 2 is 1.64 bits per heavy atom.